The number of rotatable bonds is 4. The molecule has 0 aliphatic rings. The number of sulfonamides is 1. The van der Waals surface area contributed by atoms with Gasteiger partial charge in [-0.3, -0.25) is 4.72 Å². The largest absolute Gasteiger partial charge is 0.497 e. The van der Waals surface area contributed by atoms with Gasteiger partial charge in [-0.25, -0.2) is 8.42 Å². The van der Waals surface area contributed by atoms with Crippen LogP contribution in [0, 0.1) is 3.57 Å². The second kappa shape index (κ2) is 6.19. The van der Waals surface area contributed by atoms with Crippen LogP contribution in [-0.2, 0) is 10.0 Å². The van der Waals surface area contributed by atoms with E-state index >= 15 is 0 Å². The molecule has 0 saturated carbocycles. The lowest BCUT2D eigenvalue weighted by Crippen LogP contribution is -2.13. The highest BCUT2D eigenvalue weighted by molar-refractivity contribution is 14.1. The zero-order chi connectivity index (χ0) is 14.8. The first-order valence-corrected chi connectivity index (χ1v) is 8.48. The Bertz CT molecular complexity index is 717. The monoisotopic (exact) mass is 423 g/mol. The summed E-state index contributed by atoms with van der Waals surface area (Å²) >= 11 is 7.87. The SMILES string of the molecule is COc1ccc(S(=O)(=O)Nc2ccc(Cl)cc2I)cc1. The third-order valence-corrected chi connectivity index (χ3v) is 5.05. The highest BCUT2D eigenvalue weighted by Gasteiger charge is 2.15. The van der Waals surface area contributed by atoms with Crippen molar-refractivity contribution in [3.05, 3.63) is 51.1 Å². The molecular weight excluding hydrogens is 413 g/mol. The maximum Gasteiger partial charge on any atom is 0.261 e. The summed E-state index contributed by atoms with van der Waals surface area (Å²) in [7, 11) is -2.10. The number of ether oxygens (including phenoxy) is 1. The molecule has 0 bridgehead atoms. The summed E-state index contributed by atoms with van der Waals surface area (Å²) in [4.78, 5) is 0.170. The molecule has 0 saturated heterocycles. The molecule has 0 atom stereocenters. The average molecular weight is 424 g/mol. The van der Waals surface area contributed by atoms with Crippen molar-refractivity contribution in [3.8, 4) is 5.75 Å². The van der Waals surface area contributed by atoms with E-state index in [4.69, 9.17) is 16.3 Å². The molecular formula is C13H11ClINO3S. The fourth-order valence-corrected chi connectivity index (χ4v) is 3.80. The zero-order valence-corrected chi connectivity index (χ0v) is 14.2. The van der Waals surface area contributed by atoms with Crippen LogP contribution in [0.3, 0.4) is 0 Å². The summed E-state index contributed by atoms with van der Waals surface area (Å²) in [5.74, 6) is 0.602. The number of methoxy groups -OCH3 is 1. The van der Waals surface area contributed by atoms with Gasteiger partial charge in [0.2, 0.25) is 0 Å². The van der Waals surface area contributed by atoms with Crippen molar-refractivity contribution in [1.82, 2.24) is 0 Å². The maximum atomic E-state index is 12.3. The fourth-order valence-electron chi connectivity index (χ4n) is 1.53. The standard InChI is InChI=1S/C13H11ClINO3S/c1-19-10-3-5-11(6-4-10)20(17,18)16-13-7-2-9(14)8-12(13)15/h2-8,16H,1H3. The van der Waals surface area contributed by atoms with Gasteiger partial charge in [0.05, 0.1) is 17.7 Å². The summed E-state index contributed by atoms with van der Waals surface area (Å²) in [6.07, 6.45) is 0. The van der Waals surface area contributed by atoms with Gasteiger partial charge in [0.1, 0.15) is 5.75 Å². The van der Waals surface area contributed by atoms with Crippen molar-refractivity contribution < 1.29 is 13.2 Å². The zero-order valence-electron chi connectivity index (χ0n) is 10.4. The molecule has 0 unspecified atom stereocenters. The topological polar surface area (TPSA) is 55.4 Å². The summed E-state index contributed by atoms with van der Waals surface area (Å²) in [6, 6.07) is 11.1. The number of anilines is 1. The first-order chi connectivity index (χ1) is 9.42. The van der Waals surface area contributed by atoms with Crippen molar-refractivity contribution in [2.75, 3.05) is 11.8 Å². The molecule has 4 nitrogen and oxygen atoms in total. The Hall–Kier alpha value is -0.990. The first-order valence-electron chi connectivity index (χ1n) is 5.54. The molecule has 0 aromatic heterocycles. The van der Waals surface area contributed by atoms with Crippen LogP contribution < -0.4 is 9.46 Å². The molecule has 2 aromatic carbocycles. The minimum Gasteiger partial charge on any atom is -0.497 e. The van der Waals surface area contributed by atoms with Gasteiger partial charge < -0.3 is 4.74 Å². The lowest BCUT2D eigenvalue weighted by molar-refractivity contribution is 0.414. The molecule has 0 radical (unpaired) electrons. The number of hydrogen-bond donors (Lipinski definition) is 1. The molecule has 2 rings (SSSR count). The van der Waals surface area contributed by atoms with Crippen LogP contribution in [0.4, 0.5) is 5.69 Å². The predicted molar refractivity (Wildman–Crippen MR) is 88.0 cm³/mol. The summed E-state index contributed by atoms with van der Waals surface area (Å²) in [5.41, 5.74) is 0.491. The van der Waals surface area contributed by atoms with Crippen LogP contribution in [0.1, 0.15) is 0 Å². The summed E-state index contributed by atoms with van der Waals surface area (Å²) in [6.45, 7) is 0. The van der Waals surface area contributed by atoms with Gasteiger partial charge in [-0.2, -0.15) is 0 Å². The van der Waals surface area contributed by atoms with Gasteiger partial charge in [-0.05, 0) is 65.1 Å². The smallest absolute Gasteiger partial charge is 0.261 e. The van der Waals surface area contributed by atoms with E-state index in [9.17, 15) is 8.42 Å². The van der Waals surface area contributed by atoms with Gasteiger partial charge >= 0.3 is 0 Å². The molecule has 0 heterocycles. The Morgan fingerprint density at radius 1 is 1.15 bits per heavy atom. The third-order valence-electron chi connectivity index (χ3n) is 2.55. The van der Waals surface area contributed by atoms with Crippen LogP contribution in [0.25, 0.3) is 0 Å². The second-order valence-corrected chi connectivity index (χ2v) is 7.19. The molecule has 2 aromatic rings. The summed E-state index contributed by atoms with van der Waals surface area (Å²) < 4.78 is 32.8. The van der Waals surface area contributed by atoms with E-state index in [0.29, 0.717) is 16.5 Å². The normalized spacial score (nSPS) is 11.2. The van der Waals surface area contributed by atoms with Crippen molar-refractivity contribution in [2.45, 2.75) is 4.90 Å². The van der Waals surface area contributed by atoms with E-state index in [0.717, 1.165) is 3.57 Å². The minimum atomic E-state index is -3.63. The first kappa shape index (κ1) is 15.4. The third kappa shape index (κ3) is 3.56. The highest BCUT2D eigenvalue weighted by atomic mass is 127. The minimum absolute atomic E-state index is 0.170. The van der Waals surface area contributed by atoms with E-state index in [1.165, 1.54) is 19.2 Å². The van der Waals surface area contributed by atoms with E-state index in [1.54, 1.807) is 30.3 Å². The van der Waals surface area contributed by atoms with Crippen LogP contribution >= 0.6 is 34.2 Å². The van der Waals surface area contributed by atoms with Crippen molar-refractivity contribution in [2.24, 2.45) is 0 Å². The average Bonchev–Trinajstić information content (AvgIpc) is 2.42. The maximum absolute atomic E-state index is 12.3. The lowest BCUT2D eigenvalue weighted by Gasteiger charge is -2.10. The van der Waals surface area contributed by atoms with E-state index in [2.05, 4.69) is 4.72 Å². The second-order valence-electron chi connectivity index (χ2n) is 3.91. The van der Waals surface area contributed by atoms with Crippen molar-refractivity contribution in [1.29, 1.82) is 0 Å². The Morgan fingerprint density at radius 3 is 2.35 bits per heavy atom. The van der Waals surface area contributed by atoms with Crippen LogP contribution in [0.2, 0.25) is 5.02 Å². The van der Waals surface area contributed by atoms with Crippen LogP contribution in [0.5, 0.6) is 5.75 Å². The molecule has 20 heavy (non-hydrogen) atoms. The number of hydrogen-bond acceptors (Lipinski definition) is 3. The van der Waals surface area contributed by atoms with Gasteiger partial charge in [-0.1, -0.05) is 11.6 Å². The molecule has 0 aliphatic carbocycles. The molecule has 0 aliphatic heterocycles. The quantitative estimate of drug-likeness (QED) is 0.762. The number of halogens is 2. The Balaban J connectivity index is 2.30. The van der Waals surface area contributed by atoms with E-state index < -0.39 is 10.0 Å². The van der Waals surface area contributed by atoms with Gasteiger partial charge in [-0.15, -0.1) is 0 Å². The number of benzene rings is 2. The predicted octanol–water partition coefficient (Wildman–Crippen LogP) is 3.75. The highest BCUT2D eigenvalue weighted by Crippen LogP contribution is 2.25. The molecule has 0 amide bonds. The van der Waals surface area contributed by atoms with Crippen molar-refractivity contribution >= 4 is 49.9 Å². The Morgan fingerprint density at radius 2 is 1.80 bits per heavy atom. The summed E-state index contributed by atoms with van der Waals surface area (Å²) in [5, 5.41) is 0.557. The van der Waals surface area contributed by atoms with Gasteiger partial charge in [0.15, 0.2) is 0 Å². The molecule has 0 spiro atoms. The fraction of sp³-hybridized carbons (Fsp3) is 0.0769. The Labute approximate surface area is 136 Å². The van der Waals surface area contributed by atoms with E-state index in [1.807, 2.05) is 22.6 Å². The van der Waals surface area contributed by atoms with Gasteiger partial charge in [0, 0.05) is 8.59 Å². The lowest BCUT2D eigenvalue weighted by atomic mass is 10.3. The molecule has 0 fully saturated rings. The van der Waals surface area contributed by atoms with Crippen LogP contribution in [0.15, 0.2) is 47.4 Å². The van der Waals surface area contributed by atoms with E-state index in [-0.39, 0.29) is 4.90 Å². The molecule has 7 heteroatoms. The molecule has 106 valence electrons. The van der Waals surface area contributed by atoms with Crippen molar-refractivity contribution in [3.63, 3.8) is 0 Å². The molecule has 1 N–H and O–H groups in total. The Kier molecular flexibility index (Phi) is 4.77. The number of nitrogens with one attached hydrogen (secondary N) is 1. The van der Waals surface area contributed by atoms with Gasteiger partial charge in [0.25, 0.3) is 10.0 Å². The van der Waals surface area contributed by atoms with Crippen LogP contribution in [-0.4, -0.2) is 15.5 Å².